The molecule has 5 nitrogen and oxygen atoms in total. The highest BCUT2D eigenvalue weighted by Crippen LogP contribution is 2.30. The summed E-state index contributed by atoms with van der Waals surface area (Å²) in [5, 5.41) is 16.8. The summed E-state index contributed by atoms with van der Waals surface area (Å²) in [5.41, 5.74) is 2.07. The molecule has 144 valence electrons. The quantitative estimate of drug-likeness (QED) is 0.518. The standard InChI is InChI=1S/C21H34N4O/c1-2-22-20(24-17-21(26)11-6-12-21)23-15-18-7-9-19(10-8-18)16-25-13-4-3-5-14-25/h7-10,26H,2-6,11-17H2,1H3,(H2,22,23,24). The molecule has 5 heteroatoms. The topological polar surface area (TPSA) is 59.9 Å². The van der Waals surface area contributed by atoms with Gasteiger partial charge in [0, 0.05) is 19.6 Å². The van der Waals surface area contributed by atoms with E-state index in [0.717, 1.165) is 38.3 Å². The van der Waals surface area contributed by atoms with Gasteiger partial charge in [-0.1, -0.05) is 30.7 Å². The largest absolute Gasteiger partial charge is 0.388 e. The predicted octanol–water partition coefficient (Wildman–Crippen LogP) is 2.64. The summed E-state index contributed by atoms with van der Waals surface area (Å²) >= 11 is 0. The Morgan fingerprint density at radius 1 is 1.04 bits per heavy atom. The van der Waals surface area contributed by atoms with Crippen LogP contribution in [0.5, 0.6) is 0 Å². The van der Waals surface area contributed by atoms with Crippen molar-refractivity contribution in [2.75, 3.05) is 26.2 Å². The highest BCUT2D eigenvalue weighted by Gasteiger charge is 2.34. The predicted molar refractivity (Wildman–Crippen MR) is 107 cm³/mol. The van der Waals surface area contributed by atoms with Crippen LogP contribution in [0.4, 0.5) is 0 Å². The molecule has 0 atom stereocenters. The molecule has 1 heterocycles. The molecule has 1 aromatic rings. The third kappa shape index (κ3) is 5.71. The van der Waals surface area contributed by atoms with Crippen LogP contribution < -0.4 is 10.6 Å². The smallest absolute Gasteiger partial charge is 0.191 e. The lowest BCUT2D eigenvalue weighted by Gasteiger charge is -2.37. The SMILES string of the molecule is CCNC(=NCc1ccc(CN2CCCCC2)cc1)NCC1(O)CCC1. The molecule has 26 heavy (non-hydrogen) atoms. The first-order chi connectivity index (χ1) is 12.7. The molecule has 1 aromatic carbocycles. The molecule has 1 aliphatic heterocycles. The second-order valence-electron chi connectivity index (χ2n) is 7.78. The number of benzene rings is 1. The maximum absolute atomic E-state index is 10.2. The Morgan fingerprint density at radius 2 is 1.73 bits per heavy atom. The highest BCUT2D eigenvalue weighted by molar-refractivity contribution is 5.79. The number of aliphatic imine (C=N–C) groups is 1. The third-order valence-electron chi connectivity index (χ3n) is 5.51. The van der Waals surface area contributed by atoms with Gasteiger partial charge in [-0.15, -0.1) is 0 Å². The van der Waals surface area contributed by atoms with Gasteiger partial charge < -0.3 is 15.7 Å². The van der Waals surface area contributed by atoms with Crippen LogP contribution >= 0.6 is 0 Å². The van der Waals surface area contributed by atoms with Gasteiger partial charge in [-0.3, -0.25) is 4.90 Å². The molecule has 0 aromatic heterocycles. The van der Waals surface area contributed by atoms with Crippen LogP contribution in [0.25, 0.3) is 0 Å². The van der Waals surface area contributed by atoms with E-state index in [2.05, 4.69) is 51.7 Å². The minimum atomic E-state index is -0.535. The molecule has 0 unspecified atom stereocenters. The zero-order chi connectivity index (χ0) is 18.2. The Balaban J connectivity index is 1.49. The maximum Gasteiger partial charge on any atom is 0.191 e. The second kappa shape index (κ2) is 9.38. The minimum Gasteiger partial charge on any atom is -0.388 e. The Kier molecular flexibility index (Phi) is 6.92. The van der Waals surface area contributed by atoms with Crippen molar-refractivity contribution in [1.82, 2.24) is 15.5 Å². The van der Waals surface area contributed by atoms with Gasteiger partial charge in [0.25, 0.3) is 0 Å². The van der Waals surface area contributed by atoms with Gasteiger partial charge >= 0.3 is 0 Å². The van der Waals surface area contributed by atoms with E-state index in [4.69, 9.17) is 0 Å². The number of nitrogens with one attached hydrogen (secondary N) is 2. The van der Waals surface area contributed by atoms with Gasteiger partial charge in [0.05, 0.1) is 12.1 Å². The van der Waals surface area contributed by atoms with Crippen molar-refractivity contribution in [3.8, 4) is 0 Å². The van der Waals surface area contributed by atoms with Crippen LogP contribution in [0.2, 0.25) is 0 Å². The molecular formula is C21H34N4O. The van der Waals surface area contributed by atoms with E-state index in [9.17, 15) is 5.11 Å². The lowest BCUT2D eigenvalue weighted by Crippen LogP contribution is -2.50. The first kappa shape index (κ1) is 19.2. The Hall–Kier alpha value is -1.59. The maximum atomic E-state index is 10.2. The fourth-order valence-corrected chi connectivity index (χ4v) is 3.65. The molecule has 3 N–H and O–H groups in total. The number of aliphatic hydroxyl groups is 1. The van der Waals surface area contributed by atoms with Crippen LogP contribution in [-0.2, 0) is 13.1 Å². The van der Waals surface area contributed by atoms with Gasteiger partial charge in [-0.2, -0.15) is 0 Å². The average molecular weight is 359 g/mol. The van der Waals surface area contributed by atoms with Crippen molar-refractivity contribution < 1.29 is 5.11 Å². The summed E-state index contributed by atoms with van der Waals surface area (Å²) in [6.07, 6.45) is 6.95. The number of guanidine groups is 1. The summed E-state index contributed by atoms with van der Waals surface area (Å²) in [4.78, 5) is 7.21. The van der Waals surface area contributed by atoms with Crippen LogP contribution in [0, 0.1) is 0 Å². The molecule has 2 aliphatic rings. The molecule has 1 saturated heterocycles. The fourth-order valence-electron chi connectivity index (χ4n) is 3.65. The Labute approximate surface area is 157 Å². The van der Waals surface area contributed by atoms with E-state index in [1.165, 1.54) is 43.5 Å². The Bertz CT molecular complexity index is 574. The summed E-state index contributed by atoms with van der Waals surface area (Å²) in [6.45, 7) is 7.63. The second-order valence-corrected chi connectivity index (χ2v) is 7.78. The summed E-state index contributed by atoms with van der Waals surface area (Å²) < 4.78 is 0. The van der Waals surface area contributed by atoms with E-state index in [0.29, 0.717) is 13.1 Å². The molecule has 0 amide bonds. The van der Waals surface area contributed by atoms with Crippen LogP contribution in [0.1, 0.15) is 56.6 Å². The number of hydrogen-bond acceptors (Lipinski definition) is 3. The number of piperidine rings is 1. The van der Waals surface area contributed by atoms with E-state index < -0.39 is 5.60 Å². The van der Waals surface area contributed by atoms with Gasteiger partial charge in [0.15, 0.2) is 5.96 Å². The molecule has 1 saturated carbocycles. The molecule has 3 rings (SSSR count). The number of rotatable bonds is 7. The molecule has 0 radical (unpaired) electrons. The number of likely N-dealkylation sites (tertiary alicyclic amines) is 1. The van der Waals surface area contributed by atoms with E-state index in [-0.39, 0.29) is 0 Å². The molecule has 1 aliphatic carbocycles. The highest BCUT2D eigenvalue weighted by atomic mass is 16.3. The van der Waals surface area contributed by atoms with Crippen molar-refractivity contribution in [2.45, 2.75) is 64.1 Å². The average Bonchev–Trinajstić information content (AvgIpc) is 2.64. The monoisotopic (exact) mass is 358 g/mol. The summed E-state index contributed by atoms with van der Waals surface area (Å²) in [6, 6.07) is 8.84. The van der Waals surface area contributed by atoms with Crippen LogP contribution in [-0.4, -0.2) is 47.7 Å². The van der Waals surface area contributed by atoms with Crippen molar-refractivity contribution >= 4 is 5.96 Å². The van der Waals surface area contributed by atoms with Gasteiger partial charge in [-0.25, -0.2) is 4.99 Å². The van der Waals surface area contributed by atoms with Crippen molar-refractivity contribution in [3.05, 3.63) is 35.4 Å². The number of nitrogens with zero attached hydrogens (tertiary/aromatic N) is 2. The lowest BCUT2D eigenvalue weighted by molar-refractivity contribution is -0.0279. The van der Waals surface area contributed by atoms with Crippen molar-refractivity contribution in [3.63, 3.8) is 0 Å². The Morgan fingerprint density at radius 3 is 2.35 bits per heavy atom. The van der Waals surface area contributed by atoms with Gasteiger partial charge in [-0.05, 0) is 63.2 Å². The minimum absolute atomic E-state index is 0.535. The van der Waals surface area contributed by atoms with Crippen LogP contribution in [0.3, 0.4) is 0 Å². The zero-order valence-corrected chi connectivity index (χ0v) is 16.1. The normalized spacial score (nSPS) is 20.5. The molecule has 2 fully saturated rings. The van der Waals surface area contributed by atoms with E-state index in [1.54, 1.807) is 0 Å². The van der Waals surface area contributed by atoms with Crippen LogP contribution in [0.15, 0.2) is 29.3 Å². The summed E-state index contributed by atoms with van der Waals surface area (Å²) in [5.74, 6) is 0.783. The van der Waals surface area contributed by atoms with Crippen molar-refractivity contribution in [1.29, 1.82) is 0 Å². The summed E-state index contributed by atoms with van der Waals surface area (Å²) in [7, 11) is 0. The first-order valence-electron chi connectivity index (χ1n) is 10.2. The molecule has 0 bridgehead atoms. The van der Waals surface area contributed by atoms with Crippen molar-refractivity contribution in [2.24, 2.45) is 4.99 Å². The fraction of sp³-hybridized carbons (Fsp3) is 0.667. The zero-order valence-electron chi connectivity index (χ0n) is 16.1. The first-order valence-corrected chi connectivity index (χ1v) is 10.2. The van der Waals surface area contributed by atoms with E-state index in [1.807, 2.05) is 0 Å². The van der Waals surface area contributed by atoms with Gasteiger partial charge in [0.2, 0.25) is 0 Å². The lowest BCUT2D eigenvalue weighted by atomic mass is 9.80. The van der Waals surface area contributed by atoms with E-state index >= 15 is 0 Å². The van der Waals surface area contributed by atoms with Gasteiger partial charge in [0.1, 0.15) is 0 Å². The molecule has 0 spiro atoms. The number of hydrogen-bond donors (Lipinski definition) is 3. The molecular weight excluding hydrogens is 324 g/mol. The third-order valence-corrected chi connectivity index (χ3v) is 5.51.